The Balaban J connectivity index is 2.48. The minimum atomic E-state index is 0.234. The molecule has 0 bridgehead atoms. The summed E-state index contributed by atoms with van der Waals surface area (Å²) in [6.45, 7) is 0. The molecule has 2 rings (SSSR count). The Bertz CT molecular complexity index is 255. The molecule has 0 radical (unpaired) electrons. The molecule has 0 spiro atoms. The molecule has 0 N–H and O–H groups in total. The van der Waals surface area contributed by atoms with Crippen LogP contribution in [0.4, 0.5) is 0 Å². The van der Waals surface area contributed by atoms with Crippen molar-refractivity contribution in [3.63, 3.8) is 0 Å². The molecule has 2 aromatic heterocycles. The van der Waals surface area contributed by atoms with Crippen LogP contribution in [-0.4, -0.2) is 20.3 Å². The topological polar surface area (TPSA) is 77.8 Å². The number of hydrogen-bond acceptors (Lipinski definition) is 6. The van der Waals surface area contributed by atoms with Gasteiger partial charge in [-0.2, -0.15) is 4.98 Å². The lowest BCUT2D eigenvalue weighted by Crippen LogP contribution is -1.75. The van der Waals surface area contributed by atoms with Gasteiger partial charge in [-0.15, -0.1) is 10.2 Å². The molecule has 10 heavy (non-hydrogen) atoms. The molecule has 0 atom stereocenters. The van der Waals surface area contributed by atoms with Gasteiger partial charge in [0.05, 0.1) is 0 Å². The molecule has 6 nitrogen and oxygen atoms in total. The summed E-state index contributed by atoms with van der Waals surface area (Å²) < 4.78 is 9.38. The summed E-state index contributed by atoms with van der Waals surface area (Å²) >= 11 is 0. The average Bonchev–Trinajstić information content (AvgIpc) is 2.59. The highest BCUT2D eigenvalue weighted by Gasteiger charge is 2.07. The second-order valence-corrected chi connectivity index (χ2v) is 1.49. The van der Waals surface area contributed by atoms with Gasteiger partial charge in [0, 0.05) is 0 Å². The van der Waals surface area contributed by atoms with Crippen molar-refractivity contribution in [2.45, 2.75) is 0 Å². The zero-order chi connectivity index (χ0) is 6.81. The third-order valence-electron chi connectivity index (χ3n) is 0.904. The molecule has 0 fully saturated rings. The van der Waals surface area contributed by atoms with Gasteiger partial charge in [-0.1, -0.05) is 5.16 Å². The first-order valence-corrected chi connectivity index (χ1v) is 2.50. The highest BCUT2D eigenvalue weighted by molar-refractivity contribution is 5.33. The van der Waals surface area contributed by atoms with Crippen LogP contribution in [0.5, 0.6) is 0 Å². The van der Waals surface area contributed by atoms with E-state index in [4.69, 9.17) is 4.42 Å². The van der Waals surface area contributed by atoms with Crippen LogP contribution in [0.15, 0.2) is 21.7 Å². The van der Waals surface area contributed by atoms with Crippen molar-refractivity contribution in [1.82, 2.24) is 20.3 Å². The van der Waals surface area contributed by atoms with Gasteiger partial charge in [0.25, 0.3) is 0 Å². The summed E-state index contributed by atoms with van der Waals surface area (Å²) in [6, 6.07) is 0. The summed E-state index contributed by atoms with van der Waals surface area (Å²) in [5.41, 5.74) is 0. The van der Waals surface area contributed by atoms with E-state index in [0.29, 0.717) is 0 Å². The third-order valence-corrected chi connectivity index (χ3v) is 0.904. The Labute approximate surface area is 54.9 Å². The average molecular weight is 138 g/mol. The summed E-state index contributed by atoms with van der Waals surface area (Å²) in [6.07, 6.45) is 2.46. The Hall–Kier alpha value is -1.72. The van der Waals surface area contributed by atoms with E-state index >= 15 is 0 Å². The summed E-state index contributed by atoms with van der Waals surface area (Å²) in [4.78, 5) is 3.68. The molecule has 0 aliphatic rings. The second-order valence-electron chi connectivity index (χ2n) is 1.49. The summed E-state index contributed by atoms with van der Waals surface area (Å²) in [5, 5.41) is 10.3. The highest BCUT2D eigenvalue weighted by Crippen LogP contribution is 2.09. The first-order valence-electron chi connectivity index (χ1n) is 2.50. The Morgan fingerprint density at radius 2 is 2.30 bits per heavy atom. The van der Waals surface area contributed by atoms with Crippen LogP contribution in [0.3, 0.4) is 0 Å². The van der Waals surface area contributed by atoms with E-state index in [2.05, 4.69) is 24.9 Å². The van der Waals surface area contributed by atoms with Gasteiger partial charge < -0.3 is 8.94 Å². The second kappa shape index (κ2) is 1.90. The number of aromatic nitrogens is 4. The minimum absolute atomic E-state index is 0.234. The first-order chi connectivity index (χ1) is 4.97. The van der Waals surface area contributed by atoms with Gasteiger partial charge in [-0.25, -0.2) is 0 Å². The zero-order valence-electron chi connectivity index (χ0n) is 4.76. The predicted molar refractivity (Wildman–Crippen MR) is 27.6 cm³/mol. The monoisotopic (exact) mass is 138 g/mol. The molecular weight excluding hydrogens is 136 g/mol. The van der Waals surface area contributed by atoms with Crippen LogP contribution >= 0.6 is 0 Å². The van der Waals surface area contributed by atoms with Crippen LogP contribution in [-0.2, 0) is 0 Å². The van der Waals surface area contributed by atoms with Gasteiger partial charge in [-0.3, -0.25) is 0 Å². The maximum Gasteiger partial charge on any atom is 0.315 e. The van der Waals surface area contributed by atoms with E-state index < -0.39 is 0 Å². The molecule has 0 aliphatic heterocycles. The quantitative estimate of drug-likeness (QED) is 0.556. The number of rotatable bonds is 1. The molecule has 2 heterocycles. The lowest BCUT2D eigenvalue weighted by molar-refractivity contribution is 0.412. The van der Waals surface area contributed by atoms with E-state index in [9.17, 15) is 0 Å². The van der Waals surface area contributed by atoms with Gasteiger partial charge in [0.1, 0.15) is 0 Å². The normalized spacial score (nSPS) is 10.0. The van der Waals surface area contributed by atoms with E-state index in [0.717, 1.165) is 0 Å². The van der Waals surface area contributed by atoms with Crippen molar-refractivity contribution in [2.24, 2.45) is 0 Å². The van der Waals surface area contributed by atoms with Crippen LogP contribution in [0.2, 0.25) is 0 Å². The molecule has 0 aromatic carbocycles. The first kappa shape index (κ1) is 5.10. The van der Waals surface area contributed by atoms with E-state index in [-0.39, 0.29) is 11.8 Å². The minimum Gasteiger partial charge on any atom is -0.420 e. The Morgan fingerprint density at radius 1 is 1.30 bits per heavy atom. The number of hydrogen-bond donors (Lipinski definition) is 0. The molecule has 0 unspecified atom stereocenters. The maximum atomic E-state index is 4.76. The smallest absolute Gasteiger partial charge is 0.315 e. The fourth-order valence-corrected chi connectivity index (χ4v) is 0.534. The molecule has 0 saturated heterocycles. The van der Waals surface area contributed by atoms with Crippen molar-refractivity contribution in [3.05, 3.63) is 12.7 Å². The maximum absolute atomic E-state index is 4.76. The third kappa shape index (κ3) is 0.661. The molecule has 0 amide bonds. The van der Waals surface area contributed by atoms with Crippen LogP contribution < -0.4 is 0 Å². The molecular formula is C4H2N4O2. The SMILES string of the molecule is c1noc(-c2nnco2)n1. The highest BCUT2D eigenvalue weighted by atomic mass is 16.5. The lowest BCUT2D eigenvalue weighted by atomic mass is 10.7. The fourth-order valence-electron chi connectivity index (χ4n) is 0.534. The van der Waals surface area contributed by atoms with Crippen LogP contribution in [0, 0.1) is 0 Å². The van der Waals surface area contributed by atoms with Gasteiger partial charge in [-0.05, 0) is 0 Å². The van der Waals surface area contributed by atoms with Gasteiger partial charge >= 0.3 is 11.8 Å². The van der Waals surface area contributed by atoms with Crippen molar-refractivity contribution in [2.75, 3.05) is 0 Å². The molecule has 0 saturated carbocycles. The van der Waals surface area contributed by atoms with E-state index in [1.165, 1.54) is 12.7 Å². The van der Waals surface area contributed by atoms with Gasteiger partial charge in [0.2, 0.25) is 6.39 Å². The van der Waals surface area contributed by atoms with E-state index in [1.54, 1.807) is 0 Å². The summed E-state index contributed by atoms with van der Waals surface area (Å²) in [5.74, 6) is 0.468. The summed E-state index contributed by atoms with van der Waals surface area (Å²) in [7, 11) is 0. The standard InChI is InChI=1S/C4H2N4O2/c1-5-3(10-7-1)4-8-6-2-9-4/h1-2H. The zero-order valence-corrected chi connectivity index (χ0v) is 4.76. The molecule has 0 aliphatic carbocycles. The van der Waals surface area contributed by atoms with Crippen molar-refractivity contribution < 1.29 is 8.94 Å². The lowest BCUT2D eigenvalue weighted by Gasteiger charge is -1.77. The predicted octanol–water partition coefficient (Wildman–Crippen LogP) is 0.120. The van der Waals surface area contributed by atoms with E-state index in [1.807, 2.05) is 0 Å². The fraction of sp³-hybridized carbons (Fsp3) is 0. The van der Waals surface area contributed by atoms with Crippen LogP contribution in [0.1, 0.15) is 0 Å². The number of nitrogens with zero attached hydrogens (tertiary/aromatic N) is 4. The van der Waals surface area contributed by atoms with Crippen molar-refractivity contribution in [3.8, 4) is 11.8 Å². The van der Waals surface area contributed by atoms with Gasteiger partial charge in [0.15, 0.2) is 6.33 Å². The Kier molecular flexibility index (Phi) is 0.970. The molecule has 6 heteroatoms. The van der Waals surface area contributed by atoms with Crippen LogP contribution in [0.25, 0.3) is 11.8 Å². The Morgan fingerprint density at radius 3 is 2.90 bits per heavy atom. The molecule has 2 aromatic rings. The molecule has 50 valence electrons. The van der Waals surface area contributed by atoms with Crippen molar-refractivity contribution in [1.29, 1.82) is 0 Å². The largest absolute Gasteiger partial charge is 0.420 e. The van der Waals surface area contributed by atoms with Crippen molar-refractivity contribution >= 4 is 0 Å².